The van der Waals surface area contributed by atoms with Gasteiger partial charge in [0.2, 0.25) is 11.7 Å². The molecule has 0 aliphatic heterocycles. The van der Waals surface area contributed by atoms with E-state index in [1.54, 1.807) is 0 Å². The summed E-state index contributed by atoms with van der Waals surface area (Å²) in [6.07, 6.45) is 0.684. The van der Waals surface area contributed by atoms with E-state index in [4.69, 9.17) is 14.7 Å². The predicted octanol–water partition coefficient (Wildman–Crippen LogP) is 2.62. The minimum Gasteiger partial charge on any atom is -0.453 e. The van der Waals surface area contributed by atoms with Gasteiger partial charge in [-0.2, -0.15) is 4.98 Å². The molecule has 19 heavy (non-hydrogen) atoms. The van der Waals surface area contributed by atoms with Gasteiger partial charge in [0.1, 0.15) is 5.58 Å². The fourth-order valence-corrected chi connectivity index (χ4v) is 1.91. The molecule has 0 aliphatic carbocycles. The first kappa shape index (κ1) is 11.9. The molecule has 3 aromatic rings. The second-order valence-electron chi connectivity index (χ2n) is 4.71. The molecule has 2 aromatic heterocycles. The van der Waals surface area contributed by atoms with E-state index in [2.05, 4.69) is 10.1 Å². The highest BCUT2D eigenvalue weighted by Crippen LogP contribution is 2.25. The van der Waals surface area contributed by atoms with E-state index in [1.165, 1.54) is 0 Å². The van der Waals surface area contributed by atoms with Crippen molar-refractivity contribution in [2.24, 2.45) is 11.7 Å². The van der Waals surface area contributed by atoms with Crippen molar-refractivity contribution in [1.82, 2.24) is 10.1 Å². The van der Waals surface area contributed by atoms with Crippen LogP contribution in [0.3, 0.4) is 0 Å². The first-order valence-corrected chi connectivity index (χ1v) is 6.28. The van der Waals surface area contributed by atoms with Crippen LogP contribution < -0.4 is 5.73 Å². The smallest absolute Gasteiger partial charge is 0.238 e. The molecule has 0 aliphatic rings. The third kappa shape index (κ3) is 2.37. The van der Waals surface area contributed by atoms with Gasteiger partial charge < -0.3 is 14.7 Å². The molecular formula is C14H15N3O2. The first-order valence-electron chi connectivity index (χ1n) is 6.28. The highest BCUT2D eigenvalue weighted by Gasteiger charge is 2.14. The molecule has 1 aromatic carbocycles. The lowest BCUT2D eigenvalue weighted by molar-refractivity contribution is 0.359. The lowest BCUT2D eigenvalue weighted by atomic mass is 10.1. The van der Waals surface area contributed by atoms with Gasteiger partial charge in [0, 0.05) is 11.8 Å². The molecule has 0 fully saturated rings. The highest BCUT2D eigenvalue weighted by molar-refractivity contribution is 5.81. The normalized spacial score (nSPS) is 12.9. The number of furan rings is 1. The summed E-state index contributed by atoms with van der Waals surface area (Å²) in [5.41, 5.74) is 6.40. The number of fused-ring (bicyclic) bond motifs is 1. The first-order chi connectivity index (χ1) is 9.26. The molecule has 0 saturated heterocycles. The molecule has 0 radical (unpaired) electrons. The van der Waals surface area contributed by atoms with Gasteiger partial charge in [0.15, 0.2) is 5.76 Å². The molecule has 0 spiro atoms. The van der Waals surface area contributed by atoms with Gasteiger partial charge in [-0.15, -0.1) is 0 Å². The number of para-hydroxylation sites is 1. The van der Waals surface area contributed by atoms with Crippen LogP contribution in [0.15, 0.2) is 39.3 Å². The average Bonchev–Trinajstić information content (AvgIpc) is 3.04. The molecule has 5 nitrogen and oxygen atoms in total. The molecule has 2 heterocycles. The third-order valence-electron chi connectivity index (χ3n) is 3.04. The van der Waals surface area contributed by atoms with Gasteiger partial charge in [0.25, 0.3) is 0 Å². The van der Waals surface area contributed by atoms with Gasteiger partial charge in [-0.1, -0.05) is 30.3 Å². The Hall–Kier alpha value is -2.14. The average molecular weight is 257 g/mol. The lowest BCUT2D eigenvalue weighted by Gasteiger charge is -2.01. The molecular weight excluding hydrogens is 242 g/mol. The van der Waals surface area contributed by atoms with Crippen molar-refractivity contribution in [2.45, 2.75) is 13.3 Å². The Morgan fingerprint density at radius 2 is 2.16 bits per heavy atom. The Morgan fingerprint density at radius 3 is 2.95 bits per heavy atom. The van der Waals surface area contributed by atoms with Crippen molar-refractivity contribution >= 4 is 11.0 Å². The Balaban J connectivity index is 1.89. The number of nitrogens with zero attached hydrogens (tertiary/aromatic N) is 2. The second-order valence-corrected chi connectivity index (χ2v) is 4.71. The topological polar surface area (TPSA) is 78.1 Å². The lowest BCUT2D eigenvalue weighted by Crippen LogP contribution is -2.13. The summed E-state index contributed by atoms with van der Waals surface area (Å²) in [6.45, 7) is 2.65. The van der Waals surface area contributed by atoms with Crippen molar-refractivity contribution in [3.05, 3.63) is 36.2 Å². The number of aromatic nitrogens is 2. The van der Waals surface area contributed by atoms with Gasteiger partial charge in [-0.3, -0.25) is 0 Å². The van der Waals surface area contributed by atoms with E-state index < -0.39 is 0 Å². The monoisotopic (exact) mass is 257 g/mol. The Bertz CT molecular complexity index is 654. The van der Waals surface area contributed by atoms with Crippen molar-refractivity contribution < 1.29 is 8.94 Å². The molecule has 5 heteroatoms. The summed E-state index contributed by atoms with van der Waals surface area (Å²) in [6, 6.07) is 9.71. The number of nitrogens with two attached hydrogens (primary N) is 1. The van der Waals surface area contributed by atoms with Crippen LogP contribution in [0, 0.1) is 5.92 Å². The Kier molecular flexibility index (Phi) is 3.05. The molecule has 2 N–H and O–H groups in total. The maximum atomic E-state index is 5.69. The van der Waals surface area contributed by atoms with Gasteiger partial charge in [0.05, 0.1) is 0 Å². The SMILES string of the molecule is CC(CN)Cc1nc(-c2cc3ccccc3o2)no1. The Labute approximate surface area is 110 Å². The maximum absolute atomic E-state index is 5.69. The van der Waals surface area contributed by atoms with Crippen molar-refractivity contribution in [3.8, 4) is 11.6 Å². The highest BCUT2D eigenvalue weighted by atomic mass is 16.5. The number of rotatable bonds is 4. The molecule has 0 amide bonds. The van der Waals surface area contributed by atoms with E-state index >= 15 is 0 Å². The largest absolute Gasteiger partial charge is 0.453 e. The van der Waals surface area contributed by atoms with E-state index in [-0.39, 0.29) is 0 Å². The molecule has 98 valence electrons. The van der Waals surface area contributed by atoms with Crippen LogP contribution in [0.2, 0.25) is 0 Å². The Morgan fingerprint density at radius 1 is 1.32 bits per heavy atom. The van der Waals surface area contributed by atoms with Crippen molar-refractivity contribution in [3.63, 3.8) is 0 Å². The van der Waals surface area contributed by atoms with Crippen molar-refractivity contribution in [1.29, 1.82) is 0 Å². The summed E-state index contributed by atoms with van der Waals surface area (Å²) in [5, 5.41) is 4.98. The third-order valence-corrected chi connectivity index (χ3v) is 3.04. The summed E-state index contributed by atoms with van der Waals surface area (Å²) in [7, 11) is 0. The number of benzene rings is 1. The van der Waals surface area contributed by atoms with Crippen LogP contribution in [0.25, 0.3) is 22.6 Å². The van der Waals surface area contributed by atoms with Crippen LogP contribution in [0.1, 0.15) is 12.8 Å². The van der Waals surface area contributed by atoms with Crippen LogP contribution in [0.4, 0.5) is 0 Å². The summed E-state index contributed by atoms with van der Waals surface area (Å²) in [5.74, 6) is 2.02. The fourth-order valence-electron chi connectivity index (χ4n) is 1.91. The zero-order valence-corrected chi connectivity index (χ0v) is 10.7. The zero-order chi connectivity index (χ0) is 13.2. The molecule has 1 atom stereocenters. The zero-order valence-electron chi connectivity index (χ0n) is 10.7. The van der Waals surface area contributed by atoms with Gasteiger partial charge >= 0.3 is 0 Å². The van der Waals surface area contributed by atoms with E-state index in [0.717, 1.165) is 11.0 Å². The van der Waals surface area contributed by atoms with Crippen LogP contribution in [0.5, 0.6) is 0 Å². The van der Waals surface area contributed by atoms with E-state index in [1.807, 2.05) is 37.3 Å². The minimum absolute atomic E-state index is 0.323. The molecule has 1 unspecified atom stereocenters. The van der Waals surface area contributed by atoms with Crippen LogP contribution >= 0.6 is 0 Å². The summed E-state index contributed by atoms with van der Waals surface area (Å²) < 4.78 is 10.9. The number of hydrogen-bond donors (Lipinski definition) is 1. The standard InChI is InChI=1S/C14H15N3O2/c1-9(8-15)6-13-16-14(17-19-13)12-7-10-4-2-3-5-11(10)18-12/h2-5,7,9H,6,8,15H2,1H3. The van der Waals surface area contributed by atoms with E-state index in [9.17, 15) is 0 Å². The van der Waals surface area contributed by atoms with Crippen molar-refractivity contribution in [2.75, 3.05) is 6.54 Å². The maximum Gasteiger partial charge on any atom is 0.238 e. The van der Waals surface area contributed by atoms with Crippen LogP contribution in [-0.2, 0) is 6.42 Å². The molecule has 0 saturated carbocycles. The van der Waals surface area contributed by atoms with Crippen LogP contribution in [-0.4, -0.2) is 16.7 Å². The second kappa shape index (κ2) is 4.85. The van der Waals surface area contributed by atoms with Gasteiger partial charge in [-0.05, 0) is 24.6 Å². The molecule has 0 bridgehead atoms. The quantitative estimate of drug-likeness (QED) is 0.777. The number of hydrogen-bond acceptors (Lipinski definition) is 5. The fraction of sp³-hybridized carbons (Fsp3) is 0.286. The predicted molar refractivity (Wildman–Crippen MR) is 71.4 cm³/mol. The summed E-state index contributed by atoms with van der Waals surface area (Å²) >= 11 is 0. The summed E-state index contributed by atoms with van der Waals surface area (Å²) in [4.78, 5) is 4.34. The van der Waals surface area contributed by atoms with Gasteiger partial charge in [-0.25, -0.2) is 0 Å². The van der Waals surface area contributed by atoms with E-state index in [0.29, 0.717) is 36.4 Å². The minimum atomic E-state index is 0.323. The molecule has 3 rings (SSSR count).